The molecule has 0 radical (unpaired) electrons. The highest BCUT2D eigenvalue weighted by Gasteiger charge is 2.26. The Morgan fingerprint density at radius 2 is 2.14 bits per heavy atom. The average molecular weight is 312 g/mol. The molecule has 0 aromatic carbocycles. The van der Waals surface area contributed by atoms with E-state index in [4.69, 9.17) is 0 Å². The number of carbonyl (C=O) groups is 1. The number of nitrogens with zero attached hydrogens (tertiary/aromatic N) is 3. The van der Waals surface area contributed by atoms with E-state index in [1.165, 1.54) is 11.3 Å². The summed E-state index contributed by atoms with van der Waals surface area (Å²) < 4.78 is 0. The molecular weight excluding hydrogens is 288 g/mol. The first kappa shape index (κ1) is 16.2. The van der Waals surface area contributed by atoms with Crippen molar-refractivity contribution in [1.82, 2.24) is 14.8 Å². The second-order valence-corrected chi connectivity index (χ2v) is 6.16. The van der Waals surface area contributed by atoms with Gasteiger partial charge in [-0.15, -0.1) is 0 Å². The van der Waals surface area contributed by atoms with Gasteiger partial charge in [-0.05, 0) is 13.3 Å². The zero-order valence-corrected chi connectivity index (χ0v) is 13.5. The van der Waals surface area contributed by atoms with E-state index >= 15 is 0 Å². The predicted molar refractivity (Wildman–Crippen MR) is 84.9 cm³/mol. The van der Waals surface area contributed by atoms with Crippen LogP contribution >= 0.6 is 11.3 Å². The van der Waals surface area contributed by atoms with Gasteiger partial charge in [0.1, 0.15) is 4.88 Å². The molecule has 2 N–H and O–H groups in total. The Balaban J connectivity index is 1.90. The van der Waals surface area contributed by atoms with Crippen LogP contribution in [0, 0.1) is 0 Å². The molecule has 1 aromatic heterocycles. The minimum absolute atomic E-state index is 0.0633. The zero-order valence-electron chi connectivity index (χ0n) is 12.7. The first-order valence-electron chi connectivity index (χ1n) is 7.53. The van der Waals surface area contributed by atoms with Gasteiger partial charge < -0.3 is 15.3 Å². The Bertz CT molecular complexity index is 454. The number of anilines is 1. The number of hydrogen-bond acceptors (Lipinski definition) is 6. The molecule has 1 fully saturated rings. The number of hydrogen-bond donors (Lipinski definition) is 2. The molecule has 0 bridgehead atoms. The van der Waals surface area contributed by atoms with Gasteiger partial charge in [-0.3, -0.25) is 9.69 Å². The van der Waals surface area contributed by atoms with Gasteiger partial charge in [0, 0.05) is 38.8 Å². The third kappa shape index (κ3) is 3.93. The molecule has 1 atom stereocenters. The van der Waals surface area contributed by atoms with Gasteiger partial charge in [-0.2, -0.15) is 0 Å². The minimum Gasteiger partial charge on any atom is -0.395 e. The fourth-order valence-corrected chi connectivity index (χ4v) is 3.41. The van der Waals surface area contributed by atoms with Crippen molar-refractivity contribution < 1.29 is 9.90 Å². The van der Waals surface area contributed by atoms with E-state index in [1.54, 1.807) is 6.20 Å². The summed E-state index contributed by atoms with van der Waals surface area (Å²) in [5.74, 6) is 0.0633. The van der Waals surface area contributed by atoms with Crippen molar-refractivity contribution in [1.29, 1.82) is 0 Å². The lowest BCUT2D eigenvalue weighted by Crippen LogP contribution is -2.52. The summed E-state index contributed by atoms with van der Waals surface area (Å²) in [6.45, 7) is 8.15. The molecule has 21 heavy (non-hydrogen) atoms. The number of rotatable bonds is 6. The smallest absolute Gasteiger partial charge is 0.265 e. The van der Waals surface area contributed by atoms with Crippen LogP contribution in [-0.4, -0.2) is 71.2 Å². The van der Waals surface area contributed by atoms with E-state index in [1.807, 2.05) is 11.8 Å². The first-order valence-corrected chi connectivity index (χ1v) is 8.35. The highest BCUT2D eigenvalue weighted by Crippen LogP contribution is 2.20. The van der Waals surface area contributed by atoms with Crippen molar-refractivity contribution in [3.05, 3.63) is 11.1 Å². The van der Waals surface area contributed by atoms with Crippen molar-refractivity contribution in [3.63, 3.8) is 0 Å². The molecule has 1 amide bonds. The van der Waals surface area contributed by atoms with Crippen LogP contribution in [0.5, 0.6) is 0 Å². The number of carbonyl (C=O) groups excluding carboxylic acids is 1. The predicted octanol–water partition coefficient (Wildman–Crippen LogP) is 1.10. The Morgan fingerprint density at radius 1 is 1.43 bits per heavy atom. The maximum absolute atomic E-state index is 12.4. The first-order chi connectivity index (χ1) is 10.2. The lowest BCUT2D eigenvalue weighted by atomic mass is 10.1. The van der Waals surface area contributed by atoms with Crippen LogP contribution in [-0.2, 0) is 0 Å². The fraction of sp³-hybridized carbons (Fsp3) is 0.714. The Kier molecular flexibility index (Phi) is 5.96. The molecule has 1 aromatic rings. The highest BCUT2D eigenvalue weighted by molar-refractivity contribution is 7.17. The van der Waals surface area contributed by atoms with Crippen LogP contribution in [0.1, 0.15) is 29.9 Å². The summed E-state index contributed by atoms with van der Waals surface area (Å²) in [4.78, 5) is 21.5. The Hall–Kier alpha value is -1.18. The van der Waals surface area contributed by atoms with E-state index in [0.29, 0.717) is 18.0 Å². The van der Waals surface area contributed by atoms with Gasteiger partial charge in [0.2, 0.25) is 0 Å². The summed E-state index contributed by atoms with van der Waals surface area (Å²) in [6.07, 6.45) is 2.59. The Morgan fingerprint density at radius 3 is 2.71 bits per heavy atom. The second kappa shape index (κ2) is 7.72. The number of piperazine rings is 1. The molecule has 1 aliphatic heterocycles. The largest absolute Gasteiger partial charge is 0.395 e. The molecule has 0 aliphatic carbocycles. The molecule has 2 rings (SSSR count). The lowest BCUT2D eigenvalue weighted by molar-refractivity contribution is 0.0476. The van der Waals surface area contributed by atoms with Crippen LogP contribution in [0.25, 0.3) is 0 Å². The summed E-state index contributed by atoms with van der Waals surface area (Å²) in [5, 5.41) is 13.3. The van der Waals surface area contributed by atoms with E-state index in [2.05, 4.69) is 22.1 Å². The van der Waals surface area contributed by atoms with Crippen molar-refractivity contribution in [2.75, 3.05) is 44.6 Å². The number of thiazole rings is 1. The van der Waals surface area contributed by atoms with Crippen molar-refractivity contribution in [2.24, 2.45) is 0 Å². The number of aliphatic hydroxyl groups is 1. The second-order valence-electron chi connectivity index (χ2n) is 5.13. The summed E-state index contributed by atoms with van der Waals surface area (Å²) >= 11 is 1.41. The Labute approximate surface area is 129 Å². The van der Waals surface area contributed by atoms with E-state index in [9.17, 15) is 9.90 Å². The number of aromatic nitrogens is 1. The molecule has 6 nitrogen and oxygen atoms in total. The topological polar surface area (TPSA) is 68.7 Å². The lowest BCUT2D eigenvalue weighted by Gasteiger charge is -2.38. The van der Waals surface area contributed by atoms with E-state index < -0.39 is 0 Å². The molecule has 1 unspecified atom stereocenters. The molecule has 118 valence electrons. The van der Waals surface area contributed by atoms with Gasteiger partial charge in [-0.1, -0.05) is 18.3 Å². The number of nitrogens with one attached hydrogen (secondary N) is 1. The molecule has 7 heteroatoms. The summed E-state index contributed by atoms with van der Waals surface area (Å²) in [5.41, 5.74) is 0. The maximum atomic E-state index is 12.4. The monoisotopic (exact) mass is 312 g/mol. The number of aliphatic hydroxyl groups excluding tert-OH is 1. The van der Waals surface area contributed by atoms with Gasteiger partial charge in [0.15, 0.2) is 5.13 Å². The third-order valence-electron chi connectivity index (χ3n) is 3.84. The normalized spacial score (nSPS) is 17.8. The van der Waals surface area contributed by atoms with Crippen molar-refractivity contribution in [3.8, 4) is 0 Å². The van der Waals surface area contributed by atoms with Crippen LogP contribution < -0.4 is 5.32 Å². The molecule has 2 heterocycles. The van der Waals surface area contributed by atoms with Gasteiger partial charge in [0.05, 0.1) is 12.8 Å². The van der Waals surface area contributed by atoms with Gasteiger partial charge in [-0.25, -0.2) is 4.98 Å². The molecule has 1 aliphatic rings. The third-order valence-corrected chi connectivity index (χ3v) is 4.79. The molecular formula is C14H24N4O2S. The van der Waals surface area contributed by atoms with E-state index in [0.717, 1.165) is 31.2 Å². The van der Waals surface area contributed by atoms with Crippen LogP contribution in [0.2, 0.25) is 0 Å². The maximum Gasteiger partial charge on any atom is 0.265 e. The number of amides is 1. The van der Waals surface area contributed by atoms with Crippen molar-refractivity contribution in [2.45, 2.75) is 26.3 Å². The zero-order chi connectivity index (χ0) is 15.2. The fourth-order valence-electron chi connectivity index (χ4n) is 2.55. The quantitative estimate of drug-likeness (QED) is 0.823. The summed E-state index contributed by atoms with van der Waals surface area (Å²) in [7, 11) is 0. The summed E-state index contributed by atoms with van der Waals surface area (Å²) in [6, 6.07) is 0.214. The highest BCUT2D eigenvalue weighted by atomic mass is 32.1. The molecule has 1 saturated heterocycles. The van der Waals surface area contributed by atoms with Crippen LogP contribution in [0.4, 0.5) is 5.13 Å². The van der Waals surface area contributed by atoms with Crippen LogP contribution in [0.15, 0.2) is 6.20 Å². The molecule has 0 spiro atoms. The van der Waals surface area contributed by atoms with Crippen molar-refractivity contribution >= 4 is 22.4 Å². The minimum atomic E-state index is 0.0633. The van der Waals surface area contributed by atoms with E-state index in [-0.39, 0.29) is 18.6 Å². The van der Waals surface area contributed by atoms with Gasteiger partial charge in [0.25, 0.3) is 5.91 Å². The average Bonchev–Trinajstić information content (AvgIpc) is 2.97. The SMILES string of the molecule is CCNc1ncc(C(=O)N2CCN(C(CC)CO)CC2)s1. The standard InChI is InChI=1S/C14H24N4O2S/c1-3-11(10-19)17-5-7-18(8-6-17)13(20)12-9-16-14(21-12)15-4-2/h9,11,19H,3-8,10H2,1-2H3,(H,15,16). The van der Waals surface area contributed by atoms with Gasteiger partial charge >= 0.3 is 0 Å². The molecule has 0 saturated carbocycles. The van der Waals surface area contributed by atoms with Crippen LogP contribution in [0.3, 0.4) is 0 Å².